The first kappa shape index (κ1) is 9.21. The van der Waals surface area contributed by atoms with E-state index < -0.39 is 0 Å². The van der Waals surface area contributed by atoms with Crippen LogP contribution in [0.4, 0.5) is 5.69 Å². The average molecular weight is 216 g/mol. The van der Waals surface area contributed by atoms with Crippen LogP contribution in [-0.2, 0) is 0 Å². The number of phenols is 1. The molecule has 5 heteroatoms. The van der Waals surface area contributed by atoms with Crippen molar-refractivity contribution in [3.63, 3.8) is 0 Å². The quantitative estimate of drug-likeness (QED) is 0.747. The second-order valence-electron chi connectivity index (χ2n) is 4.07. The van der Waals surface area contributed by atoms with Crippen LogP contribution in [0.3, 0.4) is 0 Å². The Balaban J connectivity index is 2.10. The largest absolute Gasteiger partial charge is 0.507 e. The van der Waals surface area contributed by atoms with Gasteiger partial charge in [-0.3, -0.25) is 0 Å². The molecule has 1 aliphatic rings. The predicted octanol–water partition coefficient (Wildman–Crippen LogP) is 1.57. The van der Waals surface area contributed by atoms with E-state index in [0.717, 1.165) is 12.8 Å². The van der Waals surface area contributed by atoms with Crippen LogP contribution in [-0.4, -0.2) is 19.9 Å². The smallest absolute Gasteiger partial charge is 0.167 e. The van der Waals surface area contributed by atoms with Crippen LogP contribution in [0, 0.1) is 0 Å². The number of nitrogens with zero attached hydrogens (tertiary/aromatic N) is 3. The Morgan fingerprint density at radius 2 is 2.19 bits per heavy atom. The number of nitrogens with two attached hydrogens (primary N) is 1. The number of anilines is 1. The summed E-state index contributed by atoms with van der Waals surface area (Å²) in [4.78, 5) is 0. The predicted molar refractivity (Wildman–Crippen MR) is 59.8 cm³/mol. The molecule has 1 saturated carbocycles. The highest BCUT2D eigenvalue weighted by molar-refractivity contribution is 5.67. The highest BCUT2D eigenvalue weighted by Gasteiger charge is 2.27. The Hall–Kier alpha value is -2.04. The molecular formula is C11H12N4O. The molecule has 3 N–H and O–H groups in total. The van der Waals surface area contributed by atoms with E-state index in [4.69, 9.17) is 5.73 Å². The van der Waals surface area contributed by atoms with Crippen LogP contribution in [0.2, 0.25) is 0 Å². The van der Waals surface area contributed by atoms with E-state index in [9.17, 15) is 5.11 Å². The van der Waals surface area contributed by atoms with Crippen LogP contribution in [0.15, 0.2) is 24.5 Å². The Kier molecular flexibility index (Phi) is 1.86. The van der Waals surface area contributed by atoms with Crippen molar-refractivity contribution in [2.75, 3.05) is 5.73 Å². The van der Waals surface area contributed by atoms with Gasteiger partial charge in [0, 0.05) is 17.8 Å². The van der Waals surface area contributed by atoms with Crippen molar-refractivity contribution in [3.05, 3.63) is 24.5 Å². The topological polar surface area (TPSA) is 77.0 Å². The lowest BCUT2D eigenvalue weighted by molar-refractivity contribution is 0.476. The van der Waals surface area contributed by atoms with Crippen LogP contribution in [0.5, 0.6) is 5.75 Å². The van der Waals surface area contributed by atoms with E-state index in [-0.39, 0.29) is 5.75 Å². The molecule has 0 radical (unpaired) electrons. The lowest BCUT2D eigenvalue weighted by Crippen LogP contribution is -1.96. The molecule has 0 saturated heterocycles. The lowest BCUT2D eigenvalue weighted by Gasteiger charge is -2.06. The normalized spacial score (nSPS) is 15.2. The van der Waals surface area contributed by atoms with Gasteiger partial charge in [0.2, 0.25) is 0 Å². The standard InChI is InChI=1S/C11H12N4O/c12-7-1-4-9(10(16)5-7)11-14-13-6-15(11)8-2-3-8/h1,4-6,8,16H,2-3,12H2. The van der Waals surface area contributed by atoms with Gasteiger partial charge in [-0.05, 0) is 25.0 Å². The first-order valence-electron chi connectivity index (χ1n) is 5.24. The molecule has 0 amide bonds. The maximum atomic E-state index is 9.83. The molecule has 5 nitrogen and oxygen atoms in total. The Bertz CT molecular complexity index is 531. The van der Waals surface area contributed by atoms with E-state index >= 15 is 0 Å². The average Bonchev–Trinajstić information content (AvgIpc) is 2.98. The van der Waals surface area contributed by atoms with E-state index in [1.165, 1.54) is 6.07 Å². The number of nitrogen functional groups attached to an aromatic ring is 1. The summed E-state index contributed by atoms with van der Waals surface area (Å²) in [5.41, 5.74) is 6.81. The van der Waals surface area contributed by atoms with Gasteiger partial charge in [0.15, 0.2) is 5.82 Å². The third-order valence-corrected chi connectivity index (χ3v) is 2.78. The second kappa shape index (κ2) is 3.23. The van der Waals surface area contributed by atoms with Crippen molar-refractivity contribution in [3.8, 4) is 17.1 Å². The fourth-order valence-corrected chi connectivity index (χ4v) is 1.79. The van der Waals surface area contributed by atoms with Gasteiger partial charge >= 0.3 is 0 Å². The number of hydrogen-bond donors (Lipinski definition) is 2. The van der Waals surface area contributed by atoms with Crippen molar-refractivity contribution >= 4 is 5.69 Å². The molecule has 0 unspecified atom stereocenters. The van der Waals surface area contributed by atoms with E-state index in [0.29, 0.717) is 23.1 Å². The summed E-state index contributed by atoms with van der Waals surface area (Å²) in [6, 6.07) is 5.54. The van der Waals surface area contributed by atoms with Crippen LogP contribution in [0.25, 0.3) is 11.4 Å². The lowest BCUT2D eigenvalue weighted by atomic mass is 10.1. The number of rotatable bonds is 2. The SMILES string of the molecule is Nc1ccc(-c2nncn2C2CC2)c(O)c1. The van der Waals surface area contributed by atoms with Crippen molar-refractivity contribution in [1.82, 2.24) is 14.8 Å². The highest BCUT2D eigenvalue weighted by atomic mass is 16.3. The minimum absolute atomic E-state index is 0.148. The summed E-state index contributed by atoms with van der Waals surface area (Å²) in [5.74, 6) is 0.856. The minimum Gasteiger partial charge on any atom is -0.507 e. The van der Waals surface area contributed by atoms with Crippen LogP contribution < -0.4 is 5.73 Å². The molecule has 1 aromatic carbocycles. The first-order valence-corrected chi connectivity index (χ1v) is 5.24. The molecule has 1 fully saturated rings. The van der Waals surface area contributed by atoms with Crippen molar-refractivity contribution in [2.24, 2.45) is 0 Å². The summed E-state index contributed by atoms with van der Waals surface area (Å²) in [5, 5.41) is 17.8. The van der Waals surface area contributed by atoms with Gasteiger partial charge in [-0.15, -0.1) is 10.2 Å². The van der Waals surface area contributed by atoms with Gasteiger partial charge in [0.1, 0.15) is 12.1 Å². The molecule has 0 aliphatic heterocycles. The summed E-state index contributed by atoms with van der Waals surface area (Å²) < 4.78 is 2.01. The van der Waals surface area contributed by atoms with Gasteiger partial charge < -0.3 is 15.4 Å². The third kappa shape index (κ3) is 1.41. The zero-order valence-electron chi connectivity index (χ0n) is 8.67. The van der Waals surface area contributed by atoms with Crippen LogP contribution >= 0.6 is 0 Å². The van der Waals surface area contributed by atoms with Gasteiger partial charge in [-0.2, -0.15) is 0 Å². The molecule has 1 heterocycles. The zero-order valence-corrected chi connectivity index (χ0v) is 8.67. The number of aromatic nitrogens is 3. The Morgan fingerprint density at radius 1 is 1.38 bits per heavy atom. The third-order valence-electron chi connectivity index (χ3n) is 2.78. The van der Waals surface area contributed by atoms with E-state index in [2.05, 4.69) is 10.2 Å². The minimum atomic E-state index is 0.148. The van der Waals surface area contributed by atoms with Gasteiger partial charge in [-0.25, -0.2) is 0 Å². The molecule has 0 spiro atoms. The van der Waals surface area contributed by atoms with Crippen molar-refractivity contribution in [1.29, 1.82) is 0 Å². The summed E-state index contributed by atoms with van der Waals surface area (Å²) >= 11 is 0. The highest BCUT2D eigenvalue weighted by Crippen LogP contribution is 2.39. The van der Waals surface area contributed by atoms with Crippen molar-refractivity contribution in [2.45, 2.75) is 18.9 Å². The van der Waals surface area contributed by atoms with Gasteiger partial charge in [-0.1, -0.05) is 0 Å². The van der Waals surface area contributed by atoms with Gasteiger partial charge in [0.25, 0.3) is 0 Å². The van der Waals surface area contributed by atoms with Crippen molar-refractivity contribution < 1.29 is 5.11 Å². The molecule has 1 aromatic heterocycles. The molecule has 3 rings (SSSR count). The number of hydrogen-bond acceptors (Lipinski definition) is 4. The Morgan fingerprint density at radius 3 is 2.88 bits per heavy atom. The van der Waals surface area contributed by atoms with E-state index in [1.807, 2.05) is 4.57 Å². The zero-order chi connectivity index (χ0) is 11.1. The second-order valence-corrected chi connectivity index (χ2v) is 4.07. The van der Waals surface area contributed by atoms with Crippen LogP contribution in [0.1, 0.15) is 18.9 Å². The summed E-state index contributed by atoms with van der Waals surface area (Å²) in [6.07, 6.45) is 4.02. The molecule has 0 bridgehead atoms. The molecule has 0 atom stereocenters. The molecule has 1 aliphatic carbocycles. The summed E-state index contributed by atoms with van der Waals surface area (Å²) in [6.45, 7) is 0. The number of aromatic hydroxyl groups is 1. The first-order chi connectivity index (χ1) is 7.75. The Labute approximate surface area is 92.5 Å². The fourth-order valence-electron chi connectivity index (χ4n) is 1.79. The number of phenolic OH excluding ortho intramolecular Hbond substituents is 1. The maximum Gasteiger partial charge on any atom is 0.167 e. The fraction of sp³-hybridized carbons (Fsp3) is 0.273. The molecule has 82 valence electrons. The monoisotopic (exact) mass is 216 g/mol. The molecule has 2 aromatic rings. The molecular weight excluding hydrogens is 204 g/mol. The maximum absolute atomic E-state index is 9.83. The number of benzene rings is 1. The van der Waals surface area contributed by atoms with E-state index in [1.54, 1.807) is 18.5 Å². The van der Waals surface area contributed by atoms with Gasteiger partial charge in [0.05, 0.1) is 5.56 Å². The summed E-state index contributed by atoms with van der Waals surface area (Å²) in [7, 11) is 0. The molecule has 16 heavy (non-hydrogen) atoms.